The first-order valence-corrected chi connectivity index (χ1v) is 7.84. The van der Waals surface area contributed by atoms with Crippen LogP contribution in [0, 0.1) is 6.92 Å². The van der Waals surface area contributed by atoms with Gasteiger partial charge >= 0.3 is 0 Å². The molecule has 1 aromatic heterocycles. The number of aromatic nitrogens is 2. The van der Waals surface area contributed by atoms with E-state index in [1.54, 1.807) is 11.8 Å². The molecule has 0 saturated heterocycles. The minimum atomic E-state index is 0.775. The van der Waals surface area contributed by atoms with Crippen LogP contribution in [0.25, 0.3) is 0 Å². The Morgan fingerprint density at radius 3 is 2.50 bits per heavy atom. The molecule has 1 aromatic carbocycles. The van der Waals surface area contributed by atoms with Gasteiger partial charge in [0.1, 0.15) is 11.6 Å². The second kappa shape index (κ2) is 6.61. The Balaban J connectivity index is 2.34. The highest BCUT2D eigenvalue weighted by atomic mass is 32.2. The van der Waals surface area contributed by atoms with Gasteiger partial charge in [-0.3, -0.25) is 0 Å². The Hall–Kier alpha value is -1.75. The average Bonchev–Trinajstić information content (AvgIpc) is 2.47. The third-order valence-electron chi connectivity index (χ3n) is 3.00. The summed E-state index contributed by atoms with van der Waals surface area (Å²) in [6.45, 7) is 4.99. The van der Waals surface area contributed by atoms with Gasteiger partial charge < -0.3 is 10.2 Å². The van der Waals surface area contributed by atoms with Crippen molar-refractivity contribution in [1.29, 1.82) is 0 Å². The topological polar surface area (TPSA) is 41.0 Å². The molecule has 0 unspecified atom stereocenters. The monoisotopic (exact) mass is 288 g/mol. The SMILES string of the molecule is CCNc1cc(N(C)c2ccc(C)cc2)nc(SC)n1. The number of hydrogen-bond donors (Lipinski definition) is 1. The van der Waals surface area contributed by atoms with Crippen LogP contribution in [0.4, 0.5) is 17.3 Å². The van der Waals surface area contributed by atoms with Gasteiger partial charge in [-0.05, 0) is 32.2 Å². The highest BCUT2D eigenvalue weighted by Crippen LogP contribution is 2.25. The van der Waals surface area contributed by atoms with Crippen molar-refractivity contribution in [1.82, 2.24) is 9.97 Å². The number of anilines is 3. The van der Waals surface area contributed by atoms with Crippen LogP contribution in [-0.2, 0) is 0 Å². The van der Waals surface area contributed by atoms with E-state index in [0.29, 0.717) is 0 Å². The van der Waals surface area contributed by atoms with E-state index in [0.717, 1.165) is 29.0 Å². The molecule has 4 nitrogen and oxygen atoms in total. The lowest BCUT2D eigenvalue weighted by molar-refractivity contribution is 0.940. The fourth-order valence-corrected chi connectivity index (χ4v) is 2.22. The summed E-state index contributed by atoms with van der Waals surface area (Å²) < 4.78 is 0. The first-order valence-electron chi connectivity index (χ1n) is 6.61. The van der Waals surface area contributed by atoms with Crippen molar-refractivity contribution in [3.05, 3.63) is 35.9 Å². The van der Waals surface area contributed by atoms with E-state index in [-0.39, 0.29) is 0 Å². The Morgan fingerprint density at radius 1 is 1.20 bits per heavy atom. The molecular weight excluding hydrogens is 268 g/mol. The number of rotatable bonds is 5. The number of nitrogens with one attached hydrogen (secondary N) is 1. The molecule has 20 heavy (non-hydrogen) atoms. The van der Waals surface area contributed by atoms with Gasteiger partial charge in [0.2, 0.25) is 0 Å². The van der Waals surface area contributed by atoms with Gasteiger partial charge in [-0.15, -0.1) is 0 Å². The van der Waals surface area contributed by atoms with Crippen molar-refractivity contribution in [2.75, 3.05) is 30.1 Å². The molecule has 0 aliphatic carbocycles. The first kappa shape index (κ1) is 14.7. The maximum atomic E-state index is 4.57. The third-order valence-corrected chi connectivity index (χ3v) is 3.55. The summed E-state index contributed by atoms with van der Waals surface area (Å²) in [5.74, 6) is 1.75. The van der Waals surface area contributed by atoms with Crippen molar-refractivity contribution in [2.24, 2.45) is 0 Å². The number of thioether (sulfide) groups is 1. The molecule has 0 aliphatic rings. The summed E-state index contributed by atoms with van der Waals surface area (Å²) >= 11 is 1.55. The molecule has 0 aliphatic heterocycles. The molecular formula is C15H20N4S. The zero-order chi connectivity index (χ0) is 14.5. The molecule has 1 heterocycles. The van der Waals surface area contributed by atoms with Gasteiger partial charge in [-0.1, -0.05) is 29.5 Å². The number of hydrogen-bond acceptors (Lipinski definition) is 5. The lowest BCUT2D eigenvalue weighted by Gasteiger charge is -2.19. The quantitative estimate of drug-likeness (QED) is 0.671. The van der Waals surface area contributed by atoms with Crippen LogP contribution in [0.3, 0.4) is 0 Å². The van der Waals surface area contributed by atoms with Crippen LogP contribution in [-0.4, -0.2) is 29.8 Å². The zero-order valence-corrected chi connectivity index (χ0v) is 13.2. The minimum absolute atomic E-state index is 0.775. The third kappa shape index (κ3) is 3.42. The molecule has 2 rings (SSSR count). The maximum absolute atomic E-state index is 4.57. The fraction of sp³-hybridized carbons (Fsp3) is 0.333. The lowest BCUT2D eigenvalue weighted by atomic mass is 10.2. The molecule has 5 heteroatoms. The second-order valence-corrected chi connectivity index (χ2v) is 5.30. The van der Waals surface area contributed by atoms with Crippen LogP contribution in [0.15, 0.2) is 35.5 Å². The summed E-state index contributed by atoms with van der Waals surface area (Å²) in [5.41, 5.74) is 2.37. The van der Waals surface area contributed by atoms with Crippen LogP contribution in [0.2, 0.25) is 0 Å². The fourth-order valence-electron chi connectivity index (χ4n) is 1.85. The molecule has 0 saturated carbocycles. The van der Waals surface area contributed by atoms with E-state index in [1.165, 1.54) is 5.56 Å². The molecule has 2 aromatic rings. The van der Waals surface area contributed by atoms with Gasteiger partial charge in [0.05, 0.1) is 0 Å². The molecule has 0 spiro atoms. The highest BCUT2D eigenvalue weighted by molar-refractivity contribution is 7.98. The molecule has 0 radical (unpaired) electrons. The minimum Gasteiger partial charge on any atom is -0.370 e. The molecule has 1 N–H and O–H groups in total. The van der Waals surface area contributed by atoms with Crippen molar-refractivity contribution >= 4 is 29.1 Å². The van der Waals surface area contributed by atoms with Crippen LogP contribution >= 0.6 is 11.8 Å². The van der Waals surface area contributed by atoms with Crippen LogP contribution in [0.1, 0.15) is 12.5 Å². The molecule has 0 atom stereocenters. The smallest absolute Gasteiger partial charge is 0.191 e. The van der Waals surface area contributed by atoms with Crippen LogP contribution < -0.4 is 10.2 Å². The maximum Gasteiger partial charge on any atom is 0.191 e. The largest absolute Gasteiger partial charge is 0.370 e. The summed E-state index contributed by atoms with van der Waals surface area (Å²) in [7, 11) is 2.02. The lowest BCUT2D eigenvalue weighted by Crippen LogP contribution is -2.13. The molecule has 0 amide bonds. The van der Waals surface area contributed by atoms with E-state index in [9.17, 15) is 0 Å². The van der Waals surface area contributed by atoms with Gasteiger partial charge in [-0.25, -0.2) is 9.97 Å². The average molecular weight is 288 g/mol. The van der Waals surface area contributed by atoms with Gasteiger partial charge in [-0.2, -0.15) is 0 Å². The predicted octanol–water partition coefficient (Wildman–Crippen LogP) is 3.71. The van der Waals surface area contributed by atoms with E-state index in [2.05, 4.69) is 58.3 Å². The normalized spacial score (nSPS) is 10.4. The summed E-state index contributed by atoms with van der Waals surface area (Å²) in [5, 5.41) is 4.02. The number of aryl methyl sites for hydroxylation is 1. The van der Waals surface area contributed by atoms with E-state index in [1.807, 2.05) is 19.4 Å². The molecule has 0 bridgehead atoms. The summed E-state index contributed by atoms with van der Waals surface area (Å²) in [6, 6.07) is 10.4. The van der Waals surface area contributed by atoms with Gasteiger partial charge in [0.15, 0.2) is 5.16 Å². The standard InChI is InChI=1S/C15H20N4S/c1-5-16-13-10-14(18-15(17-13)20-4)19(3)12-8-6-11(2)7-9-12/h6-10H,5H2,1-4H3,(H,16,17,18). The first-order chi connectivity index (χ1) is 9.63. The van der Waals surface area contributed by atoms with Crippen molar-refractivity contribution in [3.8, 4) is 0 Å². The van der Waals surface area contributed by atoms with Gasteiger partial charge in [0, 0.05) is 25.3 Å². The number of benzene rings is 1. The molecule has 106 valence electrons. The molecule has 0 fully saturated rings. The van der Waals surface area contributed by atoms with Crippen LogP contribution in [0.5, 0.6) is 0 Å². The highest BCUT2D eigenvalue weighted by Gasteiger charge is 2.09. The van der Waals surface area contributed by atoms with Crippen molar-refractivity contribution in [3.63, 3.8) is 0 Å². The van der Waals surface area contributed by atoms with E-state index in [4.69, 9.17) is 0 Å². The Kier molecular flexibility index (Phi) is 4.84. The van der Waals surface area contributed by atoms with Gasteiger partial charge in [0.25, 0.3) is 0 Å². The predicted molar refractivity (Wildman–Crippen MR) is 87.2 cm³/mol. The van der Waals surface area contributed by atoms with Crippen molar-refractivity contribution in [2.45, 2.75) is 19.0 Å². The van der Waals surface area contributed by atoms with E-state index < -0.39 is 0 Å². The Morgan fingerprint density at radius 2 is 1.90 bits per heavy atom. The summed E-state index contributed by atoms with van der Waals surface area (Å²) in [6.07, 6.45) is 1.99. The van der Waals surface area contributed by atoms with Crippen molar-refractivity contribution < 1.29 is 0 Å². The number of nitrogens with zero attached hydrogens (tertiary/aromatic N) is 3. The second-order valence-electron chi connectivity index (χ2n) is 4.52. The Labute approximate surface area is 124 Å². The Bertz CT molecular complexity index is 569. The van der Waals surface area contributed by atoms with E-state index >= 15 is 0 Å². The summed E-state index contributed by atoms with van der Waals surface area (Å²) in [4.78, 5) is 11.1. The zero-order valence-electron chi connectivity index (χ0n) is 12.3.